The van der Waals surface area contributed by atoms with Gasteiger partial charge in [-0.1, -0.05) is 38.5 Å². The molecule has 6 nitrogen and oxygen atoms in total. The minimum atomic E-state index is -2.05. The zero-order valence-electron chi connectivity index (χ0n) is 13.0. The third kappa shape index (κ3) is 3.98. The van der Waals surface area contributed by atoms with Crippen molar-refractivity contribution in [2.45, 2.75) is 88.5 Å². The molecule has 3 N–H and O–H groups in total. The highest BCUT2D eigenvalue weighted by molar-refractivity contribution is 5.88. The molecule has 0 bridgehead atoms. The average molecular weight is 313 g/mol. The summed E-state index contributed by atoms with van der Waals surface area (Å²) in [5, 5.41) is 28.3. The van der Waals surface area contributed by atoms with Gasteiger partial charge >= 0.3 is 5.97 Å². The number of amides is 1. The summed E-state index contributed by atoms with van der Waals surface area (Å²) < 4.78 is 0. The Hall–Kier alpha value is -1.14. The van der Waals surface area contributed by atoms with E-state index in [9.17, 15) is 19.8 Å². The van der Waals surface area contributed by atoms with Gasteiger partial charge in [0.05, 0.1) is 0 Å². The lowest BCUT2D eigenvalue weighted by Crippen LogP contribution is -2.55. The molecule has 2 saturated carbocycles. The Balaban J connectivity index is 2.14. The van der Waals surface area contributed by atoms with E-state index in [1.807, 2.05) is 0 Å². The second-order valence-electron chi connectivity index (χ2n) is 6.56. The van der Waals surface area contributed by atoms with E-state index in [0.29, 0.717) is 0 Å². The number of rotatable bonds is 5. The van der Waals surface area contributed by atoms with Gasteiger partial charge in [0.15, 0.2) is 12.2 Å². The average Bonchev–Trinajstić information content (AvgIpc) is 2.55. The topological polar surface area (TPSA) is 98.1 Å². The van der Waals surface area contributed by atoms with E-state index in [2.05, 4.69) is 0 Å². The van der Waals surface area contributed by atoms with Crippen molar-refractivity contribution < 1.29 is 24.9 Å². The molecule has 2 atom stereocenters. The molecule has 2 rings (SSSR count). The van der Waals surface area contributed by atoms with Crippen molar-refractivity contribution in [3.8, 4) is 0 Å². The molecule has 22 heavy (non-hydrogen) atoms. The number of aliphatic hydroxyl groups excluding tert-OH is 2. The van der Waals surface area contributed by atoms with E-state index in [-0.39, 0.29) is 12.1 Å². The van der Waals surface area contributed by atoms with Crippen molar-refractivity contribution in [2.24, 2.45) is 0 Å². The van der Waals surface area contributed by atoms with Crippen LogP contribution in [0.1, 0.15) is 64.2 Å². The van der Waals surface area contributed by atoms with Gasteiger partial charge in [-0.25, -0.2) is 4.79 Å². The minimum Gasteiger partial charge on any atom is -0.479 e. The van der Waals surface area contributed by atoms with E-state index in [1.165, 1.54) is 0 Å². The van der Waals surface area contributed by atoms with Gasteiger partial charge in [-0.2, -0.15) is 0 Å². The van der Waals surface area contributed by atoms with Crippen molar-refractivity contribution >= 4 is 11.9 Å². The van der Waals surface area contributed by atoms with E-state index in [4.69, 9.17) is 5.11 Å². The Kier molecular flexibility index (Phi) is 6.20. The predicted octanol–water partition coefficient (Wildman–Crippen LogP) is 1.29. The third-order valence-electron chi connectivity index (χ3n) is 5.00. The third-order valence-corrected chi connectivity index (χ3v) is 5.00. The van der Waals surface area contributed by atoms with Gasteiger partial charge in [0, 0.05) is 12.1 Å². The first-order chi connectivity index (χ1) is 10.5. The lowest BCUT2D eigenvalue weighted by atomic mass is 9.88. The van der Waals surface area contributed by atoms with Gasteiger partial charge in [0.1, 0.15) is 0 Å². The second kappa shape index (κ2) is 7.92. The molecule has 0 aromatic carbocycles. The number of aliphatic hydroxyl groups is 2. The van der Waals surface area contributed by atoms with Crippen molar-refractivity contribution in [2.75, 3.05) is 0 Å². The molecule has 0 unspecified atom stereocenters. The molecular weight excluding hydrogens is 286 g/mol. The summed E-state index contributed by atoms with van der Waals surface area (Å²) in [5.74, 6) is -2.18. The fraction of sp³-hybridized carbons (Fsp3) is 0.875. The van der Waals surface area contributed by atoms with E-state index < -0.39 is 24.1 Å². The molecule has 2 fully saturated rings. The van der Waals surface area contributed by atoms with Crippen molar-refractivity contribution in [3.63, 3.8) is 0 Å². The molecule has 0 aromatic rings. The fourth-order valence-electron chi connectivity index (χ4n) is 3.80. The smallest absolute Gasteiger partial charge is 0.335 e. The summed E-state index contributed by atoms with van der Waals surface area (Å²) in [4.78, 5) is 25.2. The van der Waals surface area contributed by atoms with Crippen molar-refractivity contribution in [1.29, 1.82) is 0 Å². The van der Waals surface area contributed by atoms with Crippen LogP contribution in [0.25, 0.3) is 0 Å². The van der Waals surface area contributed by atoms with Gasteiger partial charge < -0.3 is 20.2 Å². The zero-order valence-corrected chi connectivity index (χ0v) is 13.0. The summed E-state index contributed by atoms with van der Waals surface area (Å²) in [5.41, 5.74) is 0. The van der Waals surface area contributed by atoms with Crippen LogP contribution < -0.4 is 0 Å². The maximum atomic E-state index is 12.6. The molecule has 0 aliphatic heterocycles. The van der Waals surface area contributed by atoms with Gasteiger partial charge in [0.2, 0.25) is 0 Å². The molecule has 1 amide bonds. The molecule has 0 spiro atoms. The van der Waals surface area contributed by atoms with E-state index in [0.717, 1.165) is 64.2 Å². The Morgan fingerprint density at radius 2 is 1.18 bits per heavy atom. The number of aliphatic carboxylic acids is 1. The molecule has 0 saturated heterocycles. The minimum absolute atomic E-state index is 0.0694. The summed E-state index contributed by atoms with van der Waals surface area (Å²) in [6.07, 6.45) is 6.21. The standard InChI is InChI=1S/C16H27NO5/c18-13(14(19)16(21)22)15(20)17(11-7-3-1-4-8-11)12-9-5-2-6-10-12/h11-14,18-19H,1-10H2,(H,21,22)/t13-,14-/m0/s1. The quantitative estimate of drug-likeness (QED) is 0.710. The Bertz CT molecular complexity index is 370. The number of nitrogens with zero attached hydrogens (tertiary/aromatic N) is 1. The van der Waals surface area contributed by atoms with Crippen molar-refractivity contribution in [3.05, 3.63) is 0 Å². The van der Waals surface area contributed by atoms with Crippen LogP contribution in [0, 0.1) is 0 Å². The van der Waals surface area contributed by atoms with Crippen LogP contribution in [0.3, 0.4) is 0 Å². The maximum Gasteiger partial charge on any atom is 0.335 e. The molecule has 6 heteroatoms. The van der Waals surface area contributed by atoms with Crippen LogP contribution in [0.2, 0.25) is 0 Å². The van der Waals surface area contributed by atoms with Crippen LogP contribution in [0.5, 0.6) is 0 Å². The zero-order chi connectivity index (χ0) is 16.1. The Morgan fingerprint density at radius 3 is 1.55 bits per heavy atom. The van der Waals surface area contributed by atoms with Crippen LogP contribution in [0.15, 0.2) is 0 Å². The van der Waals surface area contributed by atoms with E-state index >= 15 is 0 Å². The molecule has 126 valence electrons. The monoisotopic (exact) mass is 313 g/mol. The number of carboxylic acids is 1. The number of carbonyl (C=O) groups excluding carboxylic acids is 1. The van der Waals surface area contributed by atoms with Gasteiger partial charge in [-0.05, 0) is 25.7 Å². The molecule has 0 heterocycles. The first kappa shape index (κ1) is 17.2. The predicted molar refractivity (Wildman–Crippen MR) is 80.2 cm³/mol. The van der Waals surface area contributed by atoms with Gasteiger partial charge in [-0.3, -0.25) is 4.79 Å². The van der Waals surface area contributed by atoms with E-state index in [1.54, 1.807) is 4.90 Å². The first-order valence-electron chi connectivity index (χ1n) is 8.43. The van der Waals surface area contributed by atoms with Crippen LogP contribution >= 0.6 is 0 Å². The summed E-state index contributed by atoms with van der Waals surface area (Å²) >= 11 is 0. The van der Waals surface area contributed by atoms with Gasteiger partial charge in [-0.15, -0.1) is 0 Å². The van der Waals surface area contributed by atoms with Crippen LogP contribution in [0.4, 0.5) is 0 Å². The first-order valence-corrected chi connectivity index (χ1v) is 8.43. The van der Waals surface area contributed by atoms with Crippen LogP contribution in [-0.2, 0) is 9.59 Å². The van der Waals surface area contributed by atoms with Crippen molar-refractivity contribution in [1.82, 2.24) is 4.90 Å². The summed E-state index contributed by atoms with van der Waals surface area (Å²) in [6.45, 7) is 0. The highest BCUT2D eigenvalue weighted by Crippen LogP contribution is 2.31. The molecule has 2 aliphatic carbocycles. The number of carbonyl (C=O) groups is 2. The van der Waals surface area contributed by atoms with Crippen LogP contribution in [-0.4, -0.2) is 56.4 Å². The fourth-order valence-corrected chi connectivity index (χ4v) is 3.80. The molecular formula is C16H27NO5. The SMILES string of the molecule is O=C(O)[C@@H](O)[C@H](O)C(=O)N(C1CCCCC1)C1CCCCC1. The highest BCUT2D eigenvalue weighted by Gasteiger charge is 2.39. The van der Waals surface area contributed by atoms with Gasteiger partial charge in [0.25, 0.3) is 5.91 Å². The Morgan fingerprint density at radius 1 is 0.773 bits per heavy atom. The second-order valence-corrected chi connectivity index (χ2v) is 6.56. The number of hydrogen-bond donors (Lipinski definition) is 3. The summed E-state index contributed by atoms with van der Waals surface area (Å²) in [7, 11) is 0. The Labute approximate surface area is 131 Å². The maximum absolute atomic E-state index is 12.6. The highest BCUT2D eigenvalue weighted by atomic mass is 16.4. The number of hydrogen-bond acceptors (Lipinski definition) is 4. The normalized spacial score (nSPS) is 23.7. The number of carboxylic acid groups (broad SMARTS) is 1. The molecule has 2 aliphatic rings. The lowest BCUT2D eigenvalue weighted by Gasteiger charge is -2.42. The molecule has 0 aromatic heterocycles. The summed E-state index contributed by atoms with van der Waals surface area (Å²) in [6, 6.07) is 0.139. The molecule has 0 radical (unpaired) electrons. The largest absolute Gasteiger partial charge is 0.479 e. The lowest BCUT2D eigenvalue weighted by molar-refractivity contribution is -0.165.